The van der Waals surface area contributed by atoms with Crippen LogP contribution in [0.5, 0.6) is 11.5 Å². The number of aryl methyl sites for hydroxylation is 1. The molecule has 1 aliphatic rings. The Kier molecular flexibility index (Phi) is 7.66. The molecule has 3 rings (SSSR count). The Hall–Kier alpha value is -2.31. The second kappa shape index (κ2) is 9.75. The number of likely N-dealkylation sites (N-methyl/N-ethyl adjacent to an activating group) is 1. The first-order valence-electron chi connectivity index (χ1n) is 9.32. The zero-order chi connectivity index (χ0) is 19.4. The lowest BCUT2D eigenvalue weighted by Gasteiger charge is -2.29. The number of phenolic OH excluding ortho intramolecular Hbond substituents is 1. The SMILES string of the molecule is CNCC(CC1CCCc2cc(OC)ccc21)c1ccc(O)c([N+](=O)[O-])c1.Cl. The summed E-state index contributed by atoms with van der Waals surface area (Å²) in [4.78, 5) is 10.7. The highest BCUT2D eigenvalue weighted by Gasteiger charge is 2.26. The van der Waals surface area contributed by atoms with E-state index in [4.69, 9.17) is 4.74 Å². The van der Waals surface area contributed by atoms with Crippen molar-refractivity contribution in [2.75, 3.05) is 20.7 Å². The molecule has 6 nitrogen and oxygen atoms in total. The molecule has 0 heterocycles. The van der Waals surface area contributed by atoms with Crippen molar-refractivity contribution in [3.63, 3.8) is 0 Å². The number of nitro benzene ring substituents is 1. The maximum absolute atomic E-state index is 11.2. The molecule has 2 atom stereocenters. The van der Waals surface area contributed by atoms with Gasteiger partial charge in [0, 0.05) is 12.6 Å². The van der Waals surface area contributed by atoms with E-state index in [0.717, 1.165) is 43.5 Å². The fourth-order valence-corrected chi connectivity index (χ4v) is 4.13. The fraction of sp³-hybridized carbons (Fsp3) is 0.429. The van der Waals surface area contributed by atoms with E-state index < -0.39 is 4.92 Å². The standard InChI is InChI=1S/C21H26N2O4.ClH/c1-22-13-17(14-6-9-21(24)20(12-14)23(25)26)10-15-4-3-5-16-11-18(27-2)7-8-19(15)16;/h6-9,11-12,15,17,22,24H,3-5,10,13H2,1-2H3;1H. The predicted octanol–water partition coefficient (Wildman–Crippen LogP) is 4.54. The van der Waals surface area contributed by atoms with Crippen LogP contribution in [0.15, 0.2) is 36.4 Å². The minimum Gasteiger partial charge on any atom is -0.502 e. The third kappa shape index (κ3) is 4.75. The lowest BCUT2D eigenvalue weighted by molar-refractivity contribution is -0.385. The normalized spacial score (nSPS) is 16.6. The maximum atomic E-state index is 11.2. The molecule has 0 spiro atoms. The first-order valence-corrected chi connectivity index (χ1v) is 9.32. The van der Waals surface area contributed by atoms with E-state index in [9.17, 15) is 15.2 Å². The van der Waals surface area contributed by atoms with Crippen LogP contribution in [0.2, 0.25) is 0 Å². The Bertz CT molecular complexity index is 828. The van der Waals surface area contributed by atoms with Gasteiger partial charge in [0.25, 0.3) is 0 Å². The molecule has 2 unspecified atom stereocenters. The Labute approximate surface area is 171 Å². The lowest BCUT2D eigenvalue weighted by Crippen LogP contribution is -2.21. The van der Waals surface area contributed by atoms with Crippen molar-refractivity contribution in [2.45, 2.75) is 37.5 Å². The third-order valence-corrected chi connectivity index (χ3v) is 5.48. The van der Waals surface area contributed by atoms with E-state index in [1.165, 1.54) is 23.3 Å². The maximum Gasteiger partial charge on any atom is 0.310 e. The number of aromatic hydroxyl groups is 1. The number of nitro groups is 1. The Balaban J connectivity index is 0.00000280. The number of rotatable bonds is 7. The summed E-state index contributed by atoms with van der Waals surface area (Å²) in [5, 5.41) is 24.1. The molecule has 28 heavy (non-hydrogen) atoms. The van der Waals surface area contributed by atoms with Crippen LogP contribution < -0.4 is 10.1 Å². The van der Waals surface area contributed by atoms with Gasteiger partial charge in [-0.2, -0.15) is 0 Å². The second-order valence-electron chi connectivity index (χ2n) is 7.15. The fourth-order valence-electron chi connectivity index (χ4n) is 4.13. The van der Waals surface area contributed by atoms with Crippen molar-refractivity contribution in [3.8, 4) is 11.5 Å². The van der Waals surface area contributed by atoms with E-state index in [0.29, 0.717) is 5.92 Å². The molecule has 152 valence electrons. The molecule has 0 aromatic heterocycles. The number of phenols is 1. The van der Waals surface area contributed by atoms with Crippen LogP contribution in [0.1, 0.15) is 47.8 Å². The molecular weight excluding hydrogens is 380 g/mol. The first-order chi connectivity index (χ1) is 13.0. The van der Waals surface area contributed by atoms with Crippen molar-refractivity contribution in [1.82, 2.24) is 5.32 Å². The monoisotopic (exact) mass is 406 g/mol. The topological polar surface area (TPSA) is 84.6 Å². The summed E-state index contributed by atoms with van der Waals surface area (Å²) >= 11 is 0. The van der Waals surface area contributed by atoms with Crippen LogP contribution in [0.25, 0.3) is 0 Å². The van der Waals surface area contributed by atoms with Crippen molar-refractivity contribution in [2.24, 2.45) is 0 Å². The average Bonchev–Trinajstić information content (AvgIpc) is 2.67. The number of hydrogen-bond donors (Lipinski definition) is 2. The number of nitrogens with one attached hydrogen (secondary N) is 1. The molecule has 0 amide bonds. The highest BCUT2D eigenvalue weighted by atomic mass is 35.5. The van der Waals surface area contributed by atoms with E-state index >= 15 is 0 Å². The minimum absolute atomic E-state index is 0. The van der Waals surface area contributed by atoms with Gasteiger partial charge >= 0.3 is 5.69 Å². The van der Waals surface area contributed by atoms with Gasteiger partial charge in [-0.25, -0.2) is 0 Å². The number of halogens is 1. The van der Waals surface area contributed by atoms with Gasteiger partial charge in [0.15, 0.2) is 5.75 Å². The number of ether oxygens (including phenoxy) is 1. The van der Waals surface area contributed by atoms with Crippen LogP contribution in [-0.2, 0) is 6.42 Å². The van der Waals surface area contributed by atoms with Crippen LogP contribution in [0.4, 0.5) is 5.69 Å². The van der Waals surface area contributed by atoms with Crippen molar-refractivity contribution >= 4 is 18.1 Å². The molecule has 2 N–H and O–H groups in total. The number of benzene rings is 2. The molecule has 0 aliphatic heterocycles. The summed E-state index contributed by atoms with van der Waals surface area (Å²) in [7, 11) is 3.57. The first kappa shape index (κ1) is 22.0. The quantitative estimate of drug-likeness (QED) is 0.520. The van der Waals surface area contributed by atoms with Crippen LogP contribution in [0.3, 0.4) is 0 Å². The Morgan fingerprint density at radius 1 is 1.32 bits per heavy atom. The highest BCUT2D eigenvalue weighted by molar-refractivity contribution is 5.85. The smallest absolute Gasteiger partial charge is 0.310 e. The van der Waals surface area contributed by atoms with Crippen molar-refractivity contribution in [3.05, 3.63) is 63.2 Å². The summed E-state index contributed by atoms with van der Waals surface area (Å²) in [5.41, 5.74) is 3.35. The van der Waals surface area contributed by atoms with Crippen LogP contribution >= 0.6 is 12.4 Å². The molecule has 0 fully saturated rings. The van der Waals surface area contributed by atoms with Gasteiger partial charge in [-0.3, -0.25) is 10.1 Å². The zero-order valence-corrected chi connectivity index (χ0v) is 17.0. The Morgan fingerprint density at radius 2 is 2.11 bits per heavy atom. The van der Waals surface area contributed by atoms with Gasteiger partial charge in [-0.1, -0.05) is 12.1 Å². The minimum atomic E-state index is -0.530. The summed E-state index contributed by atoms with van der Waals surface area (Å²) in [6.45, 7) is 0.726. The largest absolute Gasteiger partial charge is 0.502 e. The lowest BCUT2D eigenvalue weighted by atomic mass is 9.76. The van der Waals surface area contributed by atoms with Gasteiger partial charge in [0.1, 0.15) is 5.75 Å². The molecule has 2 aromatic carbocycles. The summed E-state index contributed by atoms with van der Waals surface area (Å²) in [6.07, 6.45) is 4.21. The second-order valence-corrected chi connectivity index (χ2v) is 7.15. The molecule has 0 radical (unpaired) electrons. The molecule has 0 saturated heterocycles. The number of fused-ring (bicyclic) bond motifs is 1. The van der Waals surface area contributed by atoms with E-state index in [2.05, 4.69) is 17.4 Å². The number of hydrogen-bond acceptors (Lipinski definition) is 5. The van der Waals surface area contributed by atoms with Crippen molar-refractivity contribution < 1.29 is 14.8 Å². The van der Waals surface area contributed by atoms with Gasteiger partial charge in [-0.15, -0.1) is 12.4 Å². The highest BCUT2D eigenvalue weighted by Crippen LogP contribution is 2.40. The summed E-state index contributed by atoms with van der Waals surface area (Å²) in [6, 6.07) is 11.0. The van der Waals surface area contributed by atoms with Crippen LogP contribution in [0, 0.1) is 10.1 Å². The van der Waals surface area contributed by atoms with Gasteiger partial charge in [-0.05, 0) is 79.5 Å². The van der Waals surface area contributed by atoms with E-state index in [-0.39, 0.29) is 29.8 Å². The van der Waals surface area contributed by atoms with Gasteiger partial charge in [0.05, 0.1) is 12.0 Å². The Morgan fingerprint density at radius 3 is 2.79 bits per heavy atom. The van der Waals surface area contributed by atoms with Crippen LogP contribution in [-0.4, -0.2) is 30.7 Å². The number of methoxy groups -OCH3 is 1. The van der Waals surface area contributed by atoms with Gasteiger partial charge < -0.3 is 15.2 Å². The predicted molar refractivity (Wildman–Crippen MR) is 112 cm³/mol. The molecule has 1 aliphatic carbocycles. The zero-order valence-electron chi connectivity index (χ0n) is 16.2. The van der Waals surface area contributed by atoms with E-state index in [1.807, 2.05) is 13.1 Å². The average molecular weight is 407 g/mol. The van der Waals surface area contributed by atoms with E-state index in [1.54, 1.807) is 13.2 Å². The summed E-state index contributed by atoms with van der Waals surface area (Å²) in [5.74, 6) is 1.13. The molecule has 7 heteroatoms. The summed E-state index contributed by atoms with van der Waals surface area (Å²) < 4.78 is 5.35. The van der Waals surface area contributed by atoms with Gasteiger partial charge in [0.2, 0.25) is 0 Å². The molecule has 0 bridgehead atoms. The van der Waals surface area contributed by atoms with Crippen molar-refractivity contribution in [1.29, 1.82) is 0 Å². The molecule has 0 saturated carbocycles. The molecule has 2 aromatic rings. The molecular formula is C21H27ClN2O4. The number of nitrogens with zero attached hydrogens (tertiary/aromatic N) is 1. The third-order valence-electron chi connectivity index (χ3n) is 5.48.